The average Bonchev–Trinajstić information content (AvgIpc) is 2.90. The van der Waals surface area contributed by atoms with Gasteiger partial charge in [-0.3, -0.25) is 0 Å². The molecule has 1 heterocycles. The van der Waals surface area contributed by atoms with E-state index in [1.165, 1.54) is 30.6 Å². The summed E-state index contributed by atoms with van der Waals surface area (Å²) >= 11 is 1.20. The average molecular weight is 315 g/mol. The van der Waals surface area contributed by atoms with Crippen molar-refractivity contribution in [3.63, 3.8) is 0 Å². The lowest BCUT2D eigenvalue weighted by molar-refractivity contribution is -0.137. The number of carbonyl (C=O) groups excluding carboxylic acids is 1. The number of hydrogen-bond donors (Lipinski definition) is 0. The van der Waals surface area contributed by atoms with Crippen LogP contribution in [0.25, 0.3) is 10.6 Å². The zero-order valence-electron chi connectivity index (χ0n) is 11.3. The molecule has 0 radical (unpaired) electrons. The number of halogens is 3. The fourth-order valence-electron chi connectivity index (χ4n) is 1.80. The smallest absolute Gasteiger partial charge is 0.416 e. The first-order chi connectivity index (χ1) is 9.86. The standard InChI is InChI=1S/C14H12F3NO2S/c1-3-10-11(13(19)20-2)18-12(21-10)8-5-4-6-9(7-8)14(15,16)17/h4-7H,3H2,1-2H3. The van der Waals surface area contributed by atoms with Crippen LogP contribution in [0, 0.1) is 0 Å². The third kappa shape index (κ3) is 3.24. The lowest BCUT2D eigenvalue weighted by Crippen LogP contribution is -2.05. The van der Waals surface area contributed by atoms with E-state index in [4.69, 9.17) is 0 Å². The number of benzene rings is 1. The van der Waals surface area contributed by atoms with Gasteiger partial charge in [0.25, 0.3) is 0 Å². The van der Waals surface area contributed by atoms with Crippen LogP contribution in [0.5, 0.6) is 0 Å². The highest BCUT2D eigenvalue weighted by molar-refractivity contribution is 7.15. The van der Waals surface area contributed by atoms with Crippen molar-refractivity contribution in [3.8, 4) is 10.6 Å². The number of alkyl halides is 3. The summed E-state index contributed by atoms with van der Waals surface area (Å²) in [5, 5.41) is 0.373. The Bertz CT molecular complexity index is 664. The van der Waals surface area contributed by atoms with E-state index in [0.717, 1.165) is 12.1 Å². The molecule has 1 aromatic heterocycles. The number of aromatic nitrogens is 1. The van der Waals surface area contributed by atoms with Crippen LogP contribution in [-0.4, -0.2) is 18.1 Å². The van der Waals surface area contributed by atoms with Crippen molar-refractivity contribution >= 4 is 17.3 Å². The largest absolute Gasteiger partial charge is 0.464 e. The number of aryl methyl sites for hydroxylation is 1. The summed E-state index contributed by atoms with van der Waals surface area (Å²) in [4.78, 5) is 16.4. The molecule has 21 heavy (non-hydrogen) atoms. The number of methoxy groups -OCH3 is 1. The van der Waals surface area contributed by atoms with E-state index in [1.807, 2.05) is 6.92 Å². The Hall–Kier alpha value is -1.89. The summed E-state index contributed by atoms with van der Waals surface area (Å²) in [7, 11) is 1.24. The molecule has 0 atom stereocenters. The Labute approximate surface area is 123 Å². The molecule has 0 aliphatic rings. The van der Waals surface area contributed by atoms with Gasteiger partial charge in [0.2, 0.25) is 0 Å². The predicted molar refractivity (Wildman–Crippen MR) is 73.3 cm³/mol. The highest BCUT2D eigenvalue weighted by atomic mass is 32.1. The molecule has 0 saturated heterocycles. The molecule has 0 fully saturated rings. The number of ether oxygens (including phenoxy) is 1. The molecule has 0 amide bonds. The van der Waals surface area contributed by atoms with Crippen LogP contribution in [0.2, 0.25) is 0 Å². The molecular weight excluding hydrogens is 303 g/mol. The summed E-state index contributed by atoms with van der Waals surface area (Å²) in [6.07, 6.45) is -3.85. The molecule has 112 valence electrons. The molecule has 2 aromatic rings. The Kier molecular flexibility index (Phi) is 4.32. The SMILES string of the molecule is CCc1sc(-c2cccc(C(F)(F)F)c2)nc1C(=O)OC. The molecule has 0 spiro atoms. The maximum absolute atomic E-state index is 12.7. The number of rotatable bonds is 3. The summed E-state index contributed by atoms with van der Waals surface area (Å²) < 4.78 is 42.8. The fourth-order valence-corrected chi connectivity index (χ4v) is 2.78. The molecule has 0 bridgehead atoms. The van der Waals surface area contributed by atoms with E-state index >= 15 is 0 Å². The van der Waals surface area contributed by atoms with Gasteiger partial charge in [0, 0.05) is 10.4 Å². The highest BCUT2D eigenvalue weighted by Crippen LogP contribution is 2.34. The zero-order chi connectivity index (χ0) is 15.6. The zero-order valence-corrected chi connectivity index (χ0v) is 12.1. The van der Waals surface area contributed by atoms with E-state index in [9.17, 15) is 18.0 Å². The first-order valence-corrected chi connectivity index (χ1v) is 6.94. The van der Waals surface area contributed by atoms with Crippen LogP contribution in [0.15, 0.2) is 24.3 Å². The first-order valence-electron chi connectivity index (χ1n) is 6.12. The second-order valence-electron chi connectivity index (χ2n) is 4.21. The van der Waals surface area contributed by atoms with Crippen LogP contribution in [0.4, 0.5) is 13.2 Å². The van der Waals surface area contributed by atoms with Gasteiger partial charge in [-0.2, -0.15) is 13.2 Å². The van der Waals surface area contributed by atoms with Gasteiger partial charge < -0.3 is 4.74 Å². The van der Waals surface area contributed by atoms with Gasteiger partial charge in [0.1, 0.15) is 5.01 Å². The van der Waals surface area contributed by atoms with Crippen molar-refractivity contribution in [2.24, 2.45) is 0 Å². The molecule has 0 saturated carbocycles. The Morgan fingerprint density at radius 1 is 1.38 bits per heavy atom. The molecular formula is C14H12F3NO2S. The maximum atomic E-state index is 12.7. The Morgan fingerprint density at radius 2 is 2.10 bits per heavy atom. The fraction of sp³-hybridized carbons (Fsp3) is 0.286. The summed E-state index contributed by atoms with van der Waals surface area (Å²) in [5.74, 6) is -0.582. The van der Waals surface area contributed by atoms with E-state index in [0.29, 0.717) is 21.9 Å². The molecule has 0 aliphatic heterocycles. The lowest BCUT2D eigenvalue weighted by atomic mass is 10.1. The van der Waals surface area contributed by atoms with E-state index in [2.05, 4.69) is 9.72 Å². The van der Waals surface area contributed by atoms with Crippen molar-refractivity contribution in [2.45, 2.75) is 19.5 Å². The van der Waals surface area contributed by atoms with E-state index < -0.39 is 17.7 Å². The van der Waals surface area contributed by atoms with Gasteiger partial charge in [0.05, 0.1) is 12.7 Å². The second-order valence-corrected chi connectivity index (χ2v) is 5.30. The number of thiazole rings is 1. The third-order valence-corrected chi connectivity index (χ3v) is 4.08. The molecule has 0 unspecified atom stereocenters. The number of nitrogens with zero attached hydrogens (tertiary/aromatic N) is 1. The molecule has 2 rings (SSSR count). The lowest BCUT2D eigenvalue weighted by Gasteiger charge is -2.07. The topological polar surface area (TPSA) is 39.2 Å². The van der Waals surface area contributed by atoms with Crippen molar-refractivity contribution in [1.29, 1.82) is 0 Å². The van der Waals surface area contributed by atoms with Crippen LogP contribution < -0.4 is 0 Å². The molecule has 1 aromatic carbocycles. The molecule has 0 aliphatic carbocycles. The molecule has 7 heteroatoms. The van der Waals surface area contributed by atoms with Gasteiger partial charge in [-0.1, -0.05) is 19.1 Å². The predicted octanol–water partition coefficient (Wildman–Crippen LogP) is 4.18. The van der Waals surface area contributed by atoms with Crippen molar-refractivity contribution < 1.29 is 22.7 Å². The number of esters is 1. The van der Waals surface area contributed by atoms with Crippen LogP contribution >= 0.6 is 11.3 Å². The summed E-state index contributed by atoms with van der Waals surface area (Å²) in [5.41, 5.74) is -0.245. The quantitative estimate of drug-likeness (QED) is 0.798. The maximum Gasteiger partial charge on any atom is 0.416 e. The van der Waals surface area contributed by atoms with Crippen LogP contribution in [-0.2, 0) is 17.3 Å². The monoisotopic (exact) mass is 315 g/mol. The second kappa shape index (κ2) is 5.85. The Morgan fingerprint density at radius 3 is 2.67 bits per heavy atom. The first kappa shape index (κ1) is 15.5. The van der Waals surface area contributed by atoms with Gasteiger partial charge >= 0.3 is 12.1 Å². The molecule has 3 nitrogen and oxygen atoms in total. The van der Waals surface area contributed by atoms with Gasteiger partial charge in [-0.05, 0) is 18.6 Å². The van der Waals surface area contributed by atoms with E-state index in [1.54, 1.807) is 0 Å². The van der Waals surface area contributed by atoms with Crippen LogP contribution in [0.3, 0.4) is 0 Å². The van der Waals surface area contributed by atoms with Crippen molar-refractivity contribution in [3.05, 3.63) is 40.4 Å². The minimum absolute atomic E-state index is 0.164. The van der Waals surface area contributed by atoms with Gasteiger partial charge in [0.15, 0.2) is 5.69 Å². The van der Waals surface area contributed by atoms with E-state index in [-0.39, 0.29) is 5.69 Å². The van der Waals surface area contributed by atoms with Gasteiger partial charge in [-0.25, -0.2) is 9.78 Å². The number of carbonyl (C=O) groups is 1. The van der Waals surface area contributed by atoms with Gasteiger partial charge in [-0.15, -0.1) is 11.3 Å². The summed E-state index contributed by atoms with van der Waals surface area (Å²) in [6, 6.07) is 4.88. The van der Waals surface area contributed by atoms with Crippen molar-refractivity contribution in [2.75, 3.05) is 7.11 Å². The van der Waals surface area contributed by atoms with Crippen LogP contribution in [0.1, 0.15) is 27.9 Å². The normalized spacial score (nSPS) is 11.5. The Balaban J connectivity index is 2.48. The van der Waals surface area contributed by atoms with Crippen molar-refractivity contribution in [1.82, 2.24) is 4.98 Å². The number of hydrogen-bond acceptors (Lipinski definition) is 4. The molecule has 0 N–H and O–H groups in total. The minimum atomic E-state index is -4.41. The highest BCUT2D eigenvalue weighted by Gasteiger charge is 2.30. The third-order valence-electron chi connectivity index (χ3n) is 2.83. The minimum Gasteiger partial charge on any atom is -0.464 e. The summed E-state index contributed by atoms with van der Waals surface area (Å²) in [6.45, 7) is 1.84.